The van der Waals surface area contributed by atoms with Crippen LogP contribution in [0.2, 0.25) is 0 Å². The highest BCUT2D eigenvalue weighted by atomic mass is 32.2. The molecular formula is C20H20N4O2S. The lowest BCUT2D eigenvalue weighted by atomic mass is 10.1. The summed E-state index contributed by atoms with van der Waals surface area (Å²) in [6.07, 6.45) is 5.20. The summed E-state index contributed by atoms with van der Waals surface area (Å²) in [5, 5.41) is 8.74. The van der Waals surface area contributed by atoms with E-state index >= 15 is 0 Å². The van der Waals surface area contributed by atoms with Crippen LogP contribution in [0.4, 0.5) is 0 Å². The van der Waals surface area contributed by atoms with Crippen LogP contribution in [0, 0.1) is 0 Å². The van der Waals surface area contributed by atoms with E-state index in [4.69, 9.17) is 4.74 Å². The van der Waals surface area contributed by atoms with Gasteiger partial charge < -0.3 is 4.74 Å². The average molecular weight is 380 g/mol. The smallest absolute Gasteiger partial charge is 0.324 e. The van der Waals surface area contributed by atoms with Crippen LogP contribution in [0.25, 0.3) is 11.4 Å². The van der Waals surface area contributed by atoms with Gasteiger partial charge in [0.05, 0.1) is 6.61 Å². The zero-order valence-electron chi connectivity index (χ0n) is 15.0. The van der Waals surface area contributed by atoms with E-state index in [0.29, 0.717) is 24.1 Å². The lowest BCUT2D eigenvalue weighted by molar-refractivity contribution is -0.142. The summed E-state index contributed by atoms with van der Waals surface area (Å²) >= 11 is 1.32. The largest absolute Gasteiger partial charge is 0.465 e. The monoisotopic (exact) mass is 380 g/mol. The Morgan fingerprint density at radius 2 is 1.96 bits per heavy atom. The number of ether oxygens (including phenoxy) is 1. The molecular weight excluding hydrogens is 360 g/mol. The molecule has 0 bridgehead atoms. The zero-order valence-corrected chi connectivity index (χ0v) is 15.8. The second-order valence-electron chi connectivity index (χ2n) is 5.60. The molecule has 27 heavy (non-hydrogen) atoms. The fraction of sp³-hybridized carbons (Fsp3) is 0.200. The van der Waals surface area contributed by atoms with Crippen molar-refractivity contribution in [3.63, 3.8) is 0 Å². The van der Waals surface area contributed by atoms with Gasteiger partial charge in [-0.15, -0.1) is 16.8 Å². The number of pyridine rings is 1. The Bertz CT molecular complexity index is 897. The van der Waals surface area contributed by atoms with E-state index in [-0.39, 0.29) is 5.97 Å². The molecule has 1 aromatic carbocycles. The van der Waals surface area contributed by atoms with Crippen LogP contribution < -0.4 is 0 Å². The third-order valence-corrected chi connectivity index (χ3v) is 5.01. The molecule has 0 aliphatic carbocycles. The van der Waals surface area contributed by atoms with Crippen LogP contribution in [-0.2, 0) is 16.1 Å². The number of aromatic nitrogens is 4. The lowest BCUT2D eigenvalue weighted by Gasteiger charge is -2.16. The number of carbonyl (C=O) groups excluding carboxylic acids is 1. The summed E-state index contributed by atoms with van der Waals surface area (Å²) in [7, 11) is 0. The number of thioether (sulfide) groups is 1. The van der Waals surface area contributed by atoms with Crippen molar-refractivity contribution in [2.75, 3.05) is 6.61 Å². The molecule has 0 fully saturated rings. The minimum absolute atomic E-state index is 0.299. The first kappa shape index (κ1) is 18.8. The molecule has 2 heterocycles. The topological polar surface area (TPSA) is 69.9 Å². The van der Waals surface area contributed by atoms with Crippen LogP contribution in [0.3, 0.4) is 0 Å². The van der Waals surface area contributed by atoms with Crippen molar-refractivity contribution in [3.05, 3.63) is 73.1 Å². The summed E-state index contributed by atoms with van der Waals surface area (Å²) in [6.45, 7) is 6.47. The van der Waals surface area contributed by atoms with Crippen molar-refractivity contribution in [3.8, 4) is 11.4 Å². The molecule has 6 nitrogen and oxygen atoms in total. The molecule has 0 aliphatic heterocycles. The molecule has 0 saturated carbocycles. The van der Waals surface area contributed by atoms with Gasteiger partial charge in [0.25, 0.3) is 0 Å². The maximum absolute atomic E-state index is 12.6. The molecule has 3 rings (SSSR count). The van der Waals surface area contributed by atoms with Gasteiger partial charge in [0.1, 0.15) is 5.25 Å². The van der Waals surface area contributed by atoms with Gasteiger partial charge in [0.2, 0.25) is 0 Å². The Morgan fingerprint density at radius 1 is 1.22 bits per heavy atom. The van der Waals surface area contributed by atoms with Crippen molar-refractivity contribution >= 4 is 17.7 Å². The van der Waals surface area contributed by atoms with Crippen molar-refractivity contribution in [2.24, 2.45) is 0 Å². The van der Waals surface area contributed by atoms with Gasteiger partial charge in [-0.2, -0.15) is 0 Å². The maximum atomic E-state index is 12.6. The fourth-order valence-corrected chi connectivity index (χ4v) is 3.63. The summed E-state index contributed by atoms with van der Waals surface area (Å²) in [5.74, 6) is 0.405. The maximum Gasteiger partial charge on any atom is 0.324 e. The summed E-state index contributed by atoms with van der Waals surface area (Å²) in [6, 6.07) is 13.3. The molecule has 0 saturated heterocycles. The highest BCUT2D eigenvalue weighted by Gasteiger charge is 2.26. The van der Waals surface area contributed by atoms with Gasteiger partial charge in [-0.05, 0) is 24.6 Å². The minimum Gasteiger partial charge on any atom is -0.465 e. The predicted molar refractivity (Wildman–Crippen MR) is 105 cm³/mol. The molecule has 7 heteroatoms. The first-order valence-corrected chi connectivity index (χ1v) is 9.45. The highest BCUT2D eigenvalue weighted by molar-refractivity contribution is 8.00. The van der Waals surface area contributed by atoms with Gasteiger partial charge in [-0.1, -0.05) is 48.2 Å². The van der Waals surface area contributed by atoms with Gasteiger partial charge in [-0.3, -0.25) is 14.3 Å². The van der Waals surface area contributed by atoms with Crippen molar-refractivity contribution < 1.29 is 9.53 Å². The van der Waals surface area contributed by atoms with Crippen molar-refractivity contribution in [1.82, 2.24) is 19.7 Å². The highest BCUT2D eigenvalue weighted by Crippen LogP contribution is 2.36. The average Bonchev–Trinajstić information content (AvgIpc) is 3.10. The van der Waals surface area contributed by atoms with Crippen LogP contribution in [0.15, 0.2) is 72.7 Å². The number of hydrogen-bond donors (Lipinski definition) is 0. The summed E-state index contributed by atoms with van der Waals surface area (Å²) < 4.78 is 7.21. The van der Waals surface area contributed by atoms with Gasteiger partial charge in [0, 0.05) is 24.5 Å². The number of rotatable bonds is 8. The molecule has 0 spiro atoms. The van der Waals surface area contributed by atoms with E-state index in [9.17, 15) is 4.79 Å². The van der Waals surface area contributed by atoms with Crippen LogP contribution >= 0.6 is 11.8 Å². The van der Waals surface area contributed by atoms with Gasteiger partial charge in [0.15, 0.2) is 11.0 Å². The predicted octanol–water partition coefficient (Wildman–Crippen LogP) is 3.92. The number of carbonyl (C=O) groups is 1. The van der Waals surface area contributed by atoms with E-state index in [0.717, 1.165) is 11.1 Å². The van der Waals surface area contributed by atoms with E-state index in [1.165, 1.54) is 11.8 Å². The molecule has 3 aromatic rings. The Balaban J connectivity index is 1.97. The van der Waals surface area contributed by atoms with Gasteiger partial charge >= 0.3 is 5.97 Å². The lowest BCUT2D eigenvalue weighted by Crippen LogP contribution is -2.14. The first-order valence-electron chi connectivity index (χ1n) is 8.57. The van der Waals surface area contributed by atoms with Crippen molar-refractivity contribution in [2.45, 2.75) is 23.9 Å². The molecule has 1 atom stereocenters. The van der Waals surface area contributed by atoms with Crippen LogP contribution in [-0.4, -0.2) is 32.3 Å². The number of esters is 1. The zero-order chi connectivity index (χ0) is 19.1. The molecule has 138 valence electrons. The van der Waals surface area contributed by atoms with Crippen molar-refractivity contribution in [1.29, 1.82) is 0 Å². The fourth-order valence-electron chi connectivity index (χ4n) is 2.59. The van der Waals surface area contributed by atoms with E-state index in [2.05, 4.69) is 21.8 Å². The van der Waals surface area contributed by atoms with Crippen LogP contribution in [0.1, 0.15) is 17.7 Å². The molecule has 0 aliphatic rings. The first-order chi connectivity index (χ1) is 13.2. The second-order valence-corrected chi connectivity index (χ2v) is 6.67. The molecule has 2 aromatic heterocycles. The summed E-state index contributed by atoms with van der Waals surface area (Å²) in [5.41, 5.74) is 1.76. The van der Waals surface area contributed by atoms with Gasteiger partial charge in [-0.25, -0.2) is 0 Å². The minimum atomic E-state index is -0.524. The van der Waals surface area contributed by atoms with Crippen LogP contribution in [0.5, 0.6) is 0 Å². The Labute approximate surface area is 162 Å². The number of nitrogens with zero attached hydrogens (tertiary/aromatic N) is 4. The SMILES string of the molecule is C=CCn1c(SC(C(=O)OCC)c2ccccc2)nnc1-c1ccncc1. The molecule has 1 unspecified atom stereocenters. The normalized spacial score (nSPS) is 11.7. The standard InChI is InChI=1S/C20H20N4O2S/c1-3-14-24-18(16-10-12-21-13-11-16)22-23-20(24)27-17(19(25)26-4-2)15-8-6-5-7-9-15/h3,5-13,17H,1,4,14H2,2H3. The third-order valence-electron chi connectivity index (χ3n) is 3.79. The molecule has 0 amide bonds. The Kier molecular flexibility index (Phi) is 6.38. The number of allylic oxidation sites excluding steroid dienone is 1. The number of benzene rings is 1. The molecule has 0 radical (unpaired) electrons. The Morgan fingerprint density at radius 3 is 2.63 bits per heavy atom. The summed E-state index contributed by atoms with van der Waals surface area (Å²) in [4.78, 5) is 16.6. The van der Waals surface area contributed by atoms with E-state index in [1.807, 2.05) is 47.0 Å². The van der Waals surface area contributed by atoms with E-state index < -0.39 is 5.25 Å². The molecule has 0 N–H and O–H groups in total. The van der Waals surface area contributed by atoms with E-state index in [1.54, 1.807) is 25.4 Å². The third kappa shape index (κ3) is 4.43. The number of hydrogen-bond acceptors (Lipinski definition) is 6. The Hall–Kier alpha value is -2.93. The quantitative estimate of drug-likeness (QED) is 0.335. The second kappa shape index (κ2) is 9.14.